The van der Waals surface area contributed by atoms with Gasteiger partial charge >= 0.3 is 0 Å². The van der Waals surface area contributed by atoms with Crippen LogP contribution in [0.3, 0.4) is 0 Å². The lowest BCUT2D eigenvalue weighted by molar-refractivity contribution is -0.132. The fourth-order valence-electron chi connectivity index (χ4n) is 2.85. The van der Waals surface area contributed by atoms with E-state index in [-0.39, 0.29) is 17.7 Å². The molecule has 140 valence electrons. The van der Waals surface area contributed by atoms with Crippen LogP contribution in [0.5, 0.6) is 5.75 Å². The number of ether oxygens (including phenoxy) is 1. The van der Waals surface area contributed by atoms with Gasteiger partial charge in [0.25, 0.3) is 0 Å². The van der Waals surface area contributed by atoms with Gasteiger partial charge in [-0.05, 0) is 43.2 Å². The molecule has 2 rings (SSSR count). The highest BCUT2D eigenvalue weighted by Gasteiger charge is 2.21. The molecule has 1 amide bonds. The second kappa shape index (κ2) is 9.01. The smallest absolute Gasteiger partial charge is 0.239 e. The minimum atomic E-state index is -0.440. The molecule has 2 aromatic carbocycles. The topological polar surface area (TPSA) is 41.6 Å². The van der Waals surface area contributed by atoms with Crippen molar-refractivity contribution in [1.82, 2.24) is 10.2 Å². The lowest BCUT2D eigenvalue weighted by Crippen LogP contribution is -2.43. The number of amides is 1. The third-order valence-corrected chi connectivity index (χ3v) is 4.60. The van der Waals surface area contributed by atoms with Crippen LogP contribution in [0.25, 0.3) is 0 Å². The van der Waals surface area contributed by atoms with Gasteiger partial charge in [0.05, 0.1) is 13.2 Å². The number of methoxy groups -OCH3 is 1. The van der Waals surface area contributed by atoms with Crippen LogP contribution in [0.4, 0.5) is 4.39 Å². The van der Waals surface area contributed by atoms with Crippen LogP contribution in [-0.4, -0.2) is 31.0 Å². The number of likely N-dealkylation sites (N-methyl/N-ethyl adjacent to an activating group) is 1. The molecule has 0 aromatic heterocycles. The maximum absolute atomic E-state index is 13.8. The van der Waals surface area contributed by atoms with E-state index < -0.39 is 11.9 Å². The Morgan fingerprint density at radius 2 is 1.96 bits per heavy atom. The Morgan fingerprint density at radius 1 is 1.27 bits per heavy atom. The molecule has 6 heteroatoms. The molecule has 0 fully saturated rings. The van der Waals surface area contributed by atoms with Gasteiger partial charge in [0, 0.05) is 24.7 Å². The number of benzene rings is 2. The van der Waals surface area contributed by atoms with Gasteiger partial charge in [-0.3, -0.25) is 10.1 Å². The zero-order valence-electron chi connectivity index (χ0n) is 15.4. The minimum absolute atomic E-state index is 0.0746. The Kier molecular flexibility index (Phi) is 7.00. The van der Waals surface area contributed by atoms with Crippen molar-refractivity contribution in [2.24, 2.45) is 0 Å². The van der Waals surface area contributed by atoms with Crippen LogP contribution in [0.15, 0.2) is 42.5 Å². The van der Waals surface area contributed by atoms with Crippen molar-refractivity contribution >= 4 is 17.5 Å². The van der Waals surface area contributed by atoms with E-state index in [4.69, 9.17) is 16.3 Å². The first-order valence-corrected chi connectivity index (χ1v) is 8.79. The van der Waals surface area contributed by atoms with Gasteiger partial charge in [0.1, 0.15) is 0 Å². The maximum atomic E-state index is 13.8. The highest BCUT2D eigenvalue weighted by atomic mass is 35.5. The summed E-state index contributed by atoms with van der Waals surface area (Å²) in [6, 6.07) is 11.7. The van der Waals surface area contributed by atoms with Crippen molar-refractivity contribution in [1.29, 1.82) is 0 Å². The van der Waals surface area contributed by atoms with Crippen molar-refractivity contribution in [2.45, 2.75) is 32.5 Å². The van der Waals surface area contributed by atoms with Gasteiger partial charge in [-0.1, -0.05) is 35.9 Å². The number of nitrogens with zero attached hydrogens (tertiary/aromatic N) is 1. The Balaban J connectivity index is 1.98. The normalized spacial score (nSPS) is 13.2. The van der Waals surface area contributed by atoms with E-state index in [0.717, 1.165) is 5.56 Å². The molecule has 2 unspecified atom stereocenters. The van der Waals surface area contributed by atoms with Crippen LogP contribution in [-0.2, 0) is 11.3 Å². The summed E-state index contributed by atoms with van der Waals surface area (Å²) in [7, 11) is 3.12. The molecule has 1 N–H and O–H groups in total. The largest absolute Gasteiger partial charge is 0.494 e. The molecule has 0 aliphatic carbocycles. The molecule has 2 atom stereocenters. The Morgan fingerprint density at radius 3 is 2.58 bits per heavy atom. The van der Waals surface area contributed by atoms with Gasteiger partial charge in [-0.25, -0.2) is 4.39 Å². The molecule has 0 bridgehead atoms. The molecular weight excluding hydrogens is 355 g/mol. The molecule has 0 heterocycles. The predicted octanol–water partition coefficient (Wildman–Crippen LogP) is 4.19. The molecule has 2 aromatic rings. The zero-order chi connectivity index (χ0) is 19.3. The van der Waals surface area contributed by atoms with E-state index in [1.807, 2.05) is 31.2 Å². The number of carbonyl (C=O) groups is 1. The zero-order valence-corrected chi connectivity index (χ0v) is 16.2. The molecule has 0 aliphatic rings. The number of carbonyl (C=O) groups excluding carboxylic acids is 1. The van der Waals surface area contributed by atoms with Gasteiger partial charge in [-0.15, -0.1) is 0 Å². The number of hydrogen-bond acceptors (Lipinski definition) is 3. The van der Waals surface area contributed by atoms with Gasteiger partial charge < -0.3 is 9.64 Å². The second-order valence-electron chi connectivity index (χ2n) is 6.29. The lowest BCUT2D eigenvalue weighted by Gasteiger charge is -2.25. The Hall–Kier alpha value is -2.11. The van der Waals surface area contributed by atoms with Crippen LogP contribution in [0.1, 0.15) is 31.0 Å². The number of nitrogens with one attached hydrogen (secondary N) is 1. The molecule has 0 saturated heterocycles. The standard InChI is InChI=1S/C20H24ClFN2O2/c1-13(16-7-5-6-8-17(16)21)23-14(2)20(25)24(3)12-15-9-10-19(26-4)18(22)11-15/h5-11,13-14,23H,12H2,1-4H3. The van der Waals surface area contributed by atoms with Crippen LogP contribution < -0.4 is 10.1 Å². The Bertz CT molecular complexity index is 769. The van der Waals surface area contributed by atoms with Crippen LogP contribution in [0.2, 0.25) is 5.02 Å². The average molecular weight is 379 g/mol. The fraction of sp³-hybridized carbons (Fsp3) is 0.350. The number of hydrogen-bond donors (Lipinski definition) is 1. The molecule has 26 heavy (non-hydrogen) atoms. The lowest BCUT2D eigenvalue weighted by atomic mass is 10.1. The Labute approximate surface area is 158 Å². The third-order valence-electron chi connectivity index (χ3n) is 4.25. The summed E-state index contributed by atoms with van der Waals surface area (Å²) in [5.74, 6) is -0.337. The van der Waals surface area contributed by atoms with Crippen molar-refractivity contribution in [3.8, 4) is 5.75 Å². The molecular formula is C20H24ClFN2O2. The summed E-state index contributed by atoms with van der Waals surface area (Å²) in [5, 5.41) is 3.92. The molecule has 0 aliphatic heterocycles. The van der Waals surface area contributed by atoms with Crippen molar-refractivity contribution in [3.05, 3.63) is 64.4 Å². The van der Waals surface area contributed by atoms with E-state index in [9.17, 15) is 9.18 Å². The summed E-state index contributed by atoms with van der Waals surface area (Å²) in [6.45, 7) is 4.08. The maximum Gasteiger partial charge on any atom is 0.239 e. The SMILES string of the molecule is COc1ccc(CN(C)C(=O)C(C)NC(C)c2ccccc2Cl)cc1F. The minimum Gasteiger partial charge on any atom is -0.494 e. The van der Waals surface area contributed by atoms with E-state index in [2.05, 4.69) is 5.32 Å². The molecule has 0 saturated carbocycles. The van der Waals surface area contributed by atoms with Gasteiger partial charge in [0.15, 0.2) is 11.6 Å². The first kappa shape index (κ1) is 20.2. The predicted molar refractivity (Wildman–Crippen MR) is 102 cm³/mol. The second-order valence-corrected chi connectivity index (χ2v) is 6.70. The first-order valence-electron chi connectivity index (χ1n) is 8.41. The van der Waals surface area contributed by atoms with E-state index >= 15 is 0 Å². The highest BCUT2D eigenvalue weighted by molar-refractivity contribution is 6.31. The third kappa shape index (κ3) is 4.96. The summed E-state index contributed by atoms with van der Waals surface area (Å²) >= 11 is 6.21. The summed E-state index contributed by atoms with van der Waals surface area (Å²) in [4.78, 5) is 14.2. The van der Waals surface area contributed by atoms with E-state index in [1.165, 1.54) is 13.2 Å². The van der Waals surface area contributed by atoms with E-state index in [1.54, 1.807) is 31.0 Å². The number of halogens is 2. The summed E-state index contributed by atoms with van der Waals surface area (Å²) < 4.78 is 18.7. The average Bonchev–Trinajstić information content (AvgIpc) is 2.61. The van der Waals surface area contributed by atoms with Gasteiger partial charge in [0.2, 0.25) is 5.91 Å². The molecule has 0 spiro atoms. The first-order chi connectivity index (χ1) is 12.3. The van der Waals surface area contributed by atoms with Crippen LogP contribution in [0, 0.1) is 5.82 Å². The van der Waals surface area contributed by atoms with Crippen molar-refractivity contribution in [2.75, 3.05) is 14.2 Å². The monoisotopic (exact) mass is 378 g/mol. The summed E-state index contributed by atoms with van der Waals surface area (Å²) in [6.07, 6.45) is 0. The quantitative estimate of drug-likeness (QED) is 0.785. The number of rotatable bonds is 7. The van der Waals surface area contributed by atoms with E-state index in [0.29, 0.717) is 17.1 Å². The van der Waals surface area contributed by atoms with Crippen LogP contribution >= 0.6 is 11.6 Å². The highest BCUT2D eigenvalue weighted by Crippen LogP contribution is 2.23. The molecule has 0 radical (unpaired) electrons. The van der Waals surface area contributed by atoms with Crippen molar-refractivity contribution in [3.63, 3.8) is 0 Å². The summed E-state index contributed by atoms with van der Waals surface area (Å²) in [5.41, 5.74) is 1.64. The van der Waals surface area contributed by atoms with Crippen molar-refractivity contribution < 1.29 is 13.9 Å². The fourth-order valence-corrected chi connectivity index (χ4v) is 3.15. The molecule has 4 nitrogen and oxygen atoms in total. The van der Waals surface area contributed by atoms with Gasteiger partial charge in [-0.2, -0.15) is 0 Å².